The van der Waals surface area contributed by atoms with Gasteiger partial charge in [0.25, 0.3) is 0 Å². The average molecular weight is 284 g/mol. The maximum Gasteiger partial charge on any atom is 0.144 e. The van der Waals surface area contributed by atoms with Crippen molar-refractivity contribution in [2.45, 2.75) is 54.2 Å². The number of hydrogen-bond donors (Lipinski definition) is 0. The Kier molecular flexibility index (Phi) is 6.54. The molecule has 3 rings (SSSR count). The maximum atomic E-state index is 5.88. The van der Waals surface area contributed by atoms with E-state index in [1.54, 1.807) is 0 Å². The SMILES string of the molecule is CC.CC.[B]c1ccc2c(c1)-c1nc(C)cn1CC(C)O2. The van der Waals surface area contributed by atoms with Gasteiger partial charge in [0.2, 0.25) is 0 Å². The van der Waals surface area contributed by atoms with E-state index in [0.717, 1.165) is 34.8 Å². The number of aryl methyl sites for hydroxylation is 1. The van der Waals surface area contributed by atoms with E-state index in [1.807, 2.05) is 59.0 Å². The van der Waals surface area contributed by atoms with Crippen molar-refractivity contribution in [1.29, 1.82) is 0 Å². The highest BCUT2D eigenvalue weighted by molar-refractivity contribution is 6.32. The maximum absolute atomic E-state index is 5.88. The number of ether oxygens (including phenoxy) is 1. The van der Waals surface area contributed by atoms with Gasteiger partial charge in [0.15, 0.2) is 0 Å². The van der Waals surface area contributed by atoms with Crippen molar-refractivity contribution in [2.75, 3.05) is 0 Å². The van der Waals surface area contributed by atoms with E-state index in [4.69, 9.17) is 12.6 Å². The molecule has 1 aromatic carbocycles. The molecule has 1 aliphatic rings. The number of imidazole rings is 1. The number of rotatable bonds is 0. The van der Waals surface area contributed by atoms with E-state index in [9.17, 15) is 0 Å². The number of nitrogens with zero attached hydrogens (tertiary/aromatic N) is 2. The molecule has 0 bridgehead atoms. The van der Waals surface area contributed by atoms with Gasteiger partial charge in [-0.25, -0.2) is 4.98 Å². The fourth-order valence-corrected chi connectivity index (χ4v) is 2.26. The van der Waals surface area contributed by atoms with E-state index < -0.39 is 0 Å². The minimum absolute atomic E-state index is 0.132. The van der Waals surface area contributed by atoms with Crippen LogP contribution < -0.4 is 10.2 Å². The summed E-state index contributed by atoms with van der Waals surface area (Å²) in [5, 5.41) is 0. The summed E-state index contributed by atoms with van der Waals surface area (Å²) in [4.78, 5) is 4.56. The minimum Gasteiger partial charge on any atom is -0.488 e. The molecule has 2 aromatic rings. The van der Waals surface area contributed by atoms with Crippen molar-refractivity contribution in [3.8, 4) is 17.1 Å². The molecule has 0 saturated heterocycles. The second-order valence-electron chi connectivity index (χ2n) is 4.54. The molecule has 3 nitrogen and oxygen atoms in total. The zero-order chi connectivity index (χ0) is 16.0. The fraction of sp³-hybridized carbons (Fsp3) is 0.471. The van der Waals surface area contributed by atoms with Crippen LogP contribution in [0.2, 0.25) is 0 Å². The van der Waals surface area contributed by atoms with Gasteiger partial charge in [-0.3, -0.25) is 0 Å². The van der Waals surface area contributed by atoms with E-state index in [-0.39, 0.29) is 6.10 Å². The molecule has 2 heterocycles. The molecule has 1 aliphatic heterocycles. The lowest BCUT2D eigenvalue weighted by Crippen LogP contribution is -2.17. The van der Waals surface area contributed by atoms with Crippen LogP contribution in [-0.2, 0) is 6.54 Å². The predicted octanol–water partition coefficient (Wildman–Crippen LogP) is 3.49. The van der Waals surface area contributed by atoms with E-state index in [0.29, 0.717) is 0 Å². The normalized spacial score (nSPS) is 15.0. The van der Waals surface area contributed by atoms with Gasteiger partial charge in [-0.05, 0) is 19.9 Å². The highest BCUT2D eigenvalue weighted by Gasteiger charge is 2.20. The van der Waals surface area contributed by atoms with E-state index >= 15 is 0 Å². The first-order chi connectivity index (χ1) is 10.1. The molecule has 1 aromatic heterocycles. The largest absolute Gasteiger partial charge is 0.488 e. The van der Waals surface area contributed by atoms with Crippen molar-refractivity contribution >= 4 is 13.3 Å². The molecule has 0 amide bonds. The highest BCUT2D eigenvalue weighted by atomic mass is 16.5. The van der Waals surface area contributed by atoms with Crippen LogP contribution in [0.25, 0.3) is 11.4 Å². The Morgan fingerprint density at radius 1 is 1.24 bits per heavy atom. The Bertz CT molecular complexity index is 578. The fourth-order valence-electron chi connectivity index (χ4n) is 2.26. The van der Waals surface area contributed by atoms with Gasteiger partial charge in [-0.15, -0.1) is 0 Å². The Morgan fingerprint density at radius 2 is 1.90 bits per heavy atom. The van der Waals surface area contributed by atoms with Crippen LogP contribution in [-0.4, -0.2) is 23.5 Å². The van der Waals surface area contributed by atoms with Crippen LogP contribution in [0.15, 0.2) is 24.4 Å². The topological polar surface area (TPSA) is 27.1 Å². The summed E-state index contributed by atoms with van der Waals surface area (Å²) < 4.78 is 8.01. The van der Waals surface area contributed by atoms with Gasteiger partial charge >= 0.3 is 0 Å². The van der Waals surface area contributed by atoms with Crippen molar-refractivity contribution in [1.82, 2.24) is 9.55 Å². The molecule has 0 saturated carbocycles. The molecule has 1 atom stereocenters. The van der Waals surface area contributed by atoms with Crippen LogP contribution >= 0.6 is 0 Å². The molecule has 2 radical (unpaired) electrons. The average Bonchev–Trinajstić information content (AvgIpc) is 2.80. The lowest BCUT2D eigenvalue weighted by Gasteiger charge is -2.12. The summed E-state index contributed by atoms with van der Waals surface area (Å²) in [6.07, 6.45) is 2.18. The number of aromatic nitrogens is 2. The molecule has 0 aliphatic carbocycles. The summed E-state index contributed by atoms with van der Waals surface area (Å²) in [5.74, 6) is 1.80. The van der Waals surface area contributed by atoms with Crippen LogP contribution in [0.1, 0.15) is 40.3 Å². The second-order valence-corrected chi connectivity index (χ2v) is 4.54. The van der Waals surface area contributed by atoms with Crippen LogP contribution in [0.5, 0.6) is 5.75 Å². The Morgan fingerprint density at radius 3 is 2.57 bits per heavy atom. The lowest BCUT2D eigenvalue weighted by atomic mass is 9.94. The highest BCUT2D eigenvalue weighted by Crippen LogP contribution is 2.32. The quantitative estimate of drug-likeness (QED) is 0.692. The van der Waals surface area contributed by atoms with Gasteiger partial charge in [0, 0.05) is 6.20 Å². The minimum atomic E-state index is 0.132. The number of hydrogen-bond acceptors (Lipinski definition) is 2. The smallest absolute Gasteiger partial charge is 0.144 e. The number of benzene rings is 1. The zero-order valence-corrected chi connectivity index (χ0v) is 14.0. The number of fused-ring (bicyclic) bond motifs is 3. The van der Waals surface area contributed by atoms with Crippen LogP contribution in [0.3, 0.4) is 0 Å². The molecule has 21 heavy (non-hydrogen) atoms. The lowest BCUT2D eigenvalue weighted by molar-refractivity contribution is 0.206. The molecular formula is C17H25BN2O. The molecular weight excluding hydrogens is 259 g/mol. The summed E-state index contributed by atoms with van der Waals surface area (Å²) in [6, 6.07) is 5.70. The summed E-state index contributed by atoms with van der Waals surface area (Å²) in [7, 11) is 5.84. The molecule has 112 valence electrons. The van der Waals surface area contributed by atoms with Crippen LogP contribution in [0.4, 0.5) is 0 Å². The van der Waals surface area contributed by atoms with Gasteiger partial charge in [0.05, 0.1) is 17.8 Å². The van der Waals surface area contributed by atoms with Crippen molar-refractivity contribution in [3.05, 3.63) is 30.1 Å². The third kappa shape index (κ3) is 3.90. The van der Waals surface area contributed by atoms with E-state index in [2.05, 4.69) is 16.5 Å². The summed E-state index contributed by atoms with van der Waals surface area (Å²) >= 11 is 0. The standard InChI is InChI=1S/C13H13BN2O.2C2H6/c1-8-6-16-7-9(2)17-12-4-3-10(14)5-11(12)13(16)15-8;2*1-2/h3-6,9H,7H2,1-2H3;2*1-2H3. The molecule has 4 heteroatoms. The Balaban J connectivity index is 0.000000510. The van der Waals surface area contributed by atoms with Gasteiger partial charge < -0.3 is 9.30 Å². The van der Waals surface area contributed by atoms with Crippen molar-refractivity contribution in [2.24, 2.45) is 0 Å². The monoisotopic (exact) mass is 284 g/mol. The Hall–Kier alpha value is -1.71. The van der Waals surface area contributed by atoms with Gasteiger partial charge in [0.1, 0.15) is 25.5 Å². The van der Waals surface area contributed by atoms with Crippen molar-refractivity contribution < 1.29 is 4.74 Å². The van der Waals surface area contributed by atoms with Gasteiger partial charge in [-0.2, -0.15) is 0 Å². The van der Waals surface area contributed by atoms with Crippen LogP contribution in [0, 0.1) is 6.92 Å². The van der Waals surface area contributed by atoms with Gasteiger partial charge in [-0.1, -0.05) is 45.3 Å². The first-order valence-electron chi connectivity index (χ1n) is 7.74. The second kappa shape index (κ2) is 7.91. The molecule has 0 fully saturated rings. The zero-order valence-electron chi connectivity index (χ0n) is 14.0. The first-order valence-corrected chi connectivity index (χ1v) is 7.74. The summed E-state index contributed by atoms with van der Waals surface area (Å²) in [6.45, 7) is 12.9. The third-order valence-corrected chi connectivity index (χ3v) is 2.92. The molecule has 0 spiro atoms. The Labute approximate surface area is 129 Å². The van der Waals surface area contributed by atoms with Crippen molar-refractivity contribution in [3.63, 3.8) is 0 Å². The molecule has 0 N–H and O–H groups in total. The first kappa shape index (κ1) is 17.3. The van der Waals surface area contributed by atoms with E-state index in [1.165, 1.54) is 0 Å². The predicted molar refractivity (Wildman–Crippen MR) is 90.6 cm³/mol. The summed E-state index contributed by atoms with van der Waals surface area (Å²) in [5.41, 5.74) is 2.72. The molecule has 1 unspecified atom stereocenters. The third-order valence-electron chi connectivity index (χ3n) is 2.92.